The van der Waals surface area contributed by atoms with E-state index in [1.54, 1.807) is 0 Å². The fourth-order valence-electron chi connectivity index (χ4n) is 3.34. The second-order valence-corrected chi connectivity index (χ2v) is 6.57. The highest BCUT2D eigenvalue weighted by atomic mass is 35.5. The van der Waals surface area contributed by atoms with Crippen LogP contribution in [0.1, 0.15) is 35.6 Å². The SMILES string of the molecule is Cc1ccccc1C(CC(=O)Nc1ccc2c(c1)CCCN2)NC(N)=O.Cl. The number of rotatable bonds is 5. The average Bonchev–Trinajstić information content (AvgIpc) is 2.61. The molecular weight excluding hydrogens is 364 g/mol. The van der Waals surface area contributed by atoms with Crippen molar-refractivity contribution in [1.29, 1.82) is 0 Å². The lowest BCUT2D eigenvalue weighted by Crippen LogP contribution is -2.35. The molecule has 6 nitrogen and oxygen atoms in total. The maximum atomic E-state index is 12.5. The standard InChI is InChI=1S/C20H24N4O2.ClH/c1-13-5-2-3-7-16(13)18(24-20(21)26)12-19(25)23-15-8-9-17-14(11-15)6-4-10-22-17;/h2-3,5,7-9,11,18,22H,4,6,10,12H2,1H3,(H,23,25)(H3,21,24,26);1H. The third kappa shape index (κ3) is 5.37. The number of fused-ring (bicyclic) bond motifs is 1. The van der Waals surface area contributed by atoms with Gasteiger partial charge in [0, 0.05) is 17.9 Å². The minimum Gasteiger partial charge on any atom is -0.385 e. The van der Waals surface area contributed by atoms with E-state index in [-0.39, 0.29) is 24.7 Å². The van der Waals surface area contributed by atoms with E-state index in [0.29, 0.717) is 0 Å². The van der Waals surface area contributed by atoms with E-state index in [1.165, 1.54) is 5.56 Å². The summed E-state index contributed by atoms with van der Waals surface area (Å²) in [7, 11) is 0. The number of benzene rings is 2. The van der Waals surface area contributed by atoms with Gasteiger partial charge in [-0.3, -0.25) is 4.79 Å². The summed E-state index contributed by atoms with van der Waals surface area (Å²) in [5, 5.41) is 8.95. The van der Waals surface area contributed by atoms with Crippen molar-refractivity contribution in [3.05, 3.63) is 59.2 Å². The molecule has 0 bridgehead atoms. The molecule has 7 heteroatoms. The molecule has 27 heavy (non-hydrogen) atoms. The van der Waals surface area contributed by atoms with Crippen LogP contribution in [0.3, 0.4) is 0 Å². The quantitative estimate of drug-likeness (QED) is 0.631. The molecule has 1 unspecified atom stereocenters. The van der Waals surface area contributed by atoms with Crippen LogP contribution in [0.15, 0.2) is 42.5 Å². The predicted octanol–water partition coefficient (Wildman–Crippen LogP) is 3.51. The van der Waals surface area contributed by atoms with Gasteiger partial charge in [0.05, 0.1) is 12.5 Å². The van der Waals surface area contributed by atoms with Crippen molar-refractivity contribution in [2.24, 2.45) is 5.73 Å². The molecule has 0 aliphatic carbocycles. The molecule has 1 aliphatic rings. The molecule has 0 radical (unpaired) electrons. The first-order valence-corrected chi connectivity index (χ1v) is 8.81. The van der Waals surface area contributed by atoms with Gasteiger partial charge in [-0.15, -0.1) is 12.4 Å². The van der Waals surface area contributed by atoms with E-state index < -0.39 is 12.1 Å². The number of nitrogens with two attached hydrogens (primary N) is 1. The molecule has 0 saturated carbocycles. The molecular formula is C20H25ClN4O2. The van der Waals surface area contributed by atoms with Gasteiger partial charge in [-0.05, 0) is 54.7 Å². The fraction of sp³-hybridized carbons (Fsp3) is 0.300. The molecule has 0 fully saturated rings. The third-order valence-electron chi connectivity index (χ3n) is 4.60. The first-order chi connectivity index (χ1) is 12.5. The summed E-state index contributed by atoms with van der Waals surface area (Å²) in [6.45, 7) is 2.93. The molecule has 1 atom stereocenters. The fourth-order valence-corrected chi connectivity index (χ4v) is 3.34. The van der Waals surface area contributed by atoms with Gasteiger partial charge in [-0.2, -0.15) is 0 Å². The summed E-state index contributed by atoms with van der Waals surface area (Å²) >= 11 is 0. The molecule has 2 aromatic rings. The molecule has 144 valence electrons. The molecule has 1 aliphatic heterocycles. The highest BCUT2D eigenvalue weighted by Gasteiger charge is 2.19. The van der Waals surface area contributed by atoms with Crippen LogP contribution in [0.4, 0.5) is 16.2 Å². The molecule has 3 amide bonds. The Labute approximate surface area is 165 Å². The zero-order valence-electron chi connectivity index (χ0n) is 15.2. The van der Waals surface area contributed by atoms with E-state index in [0.717, 1.165) is 41.9 Å². The van der Waals surface area contributed by atoms with Crippen LogP contribution in [0.2, 0.25) is 0 Å². The Kier molecular flexibility index (Phi) is 7.07. The molecule has 0 saturated heterocycles. The summed E-state index contributed by atoms with van der Waals surface area (Å²) in [6.07, 6.45) is 2.20. The van der Waals surface area contributed by atoms with E-state index >= 15 is 0 Å². The lowest BCUT2D eigenvalue weighted by molar-refractivity contribution is -0.116. The van der Waals surface area contributed by atoms with Crippen molar-refractivity contribution in [3.8, 4) is 0 Å². The smallest absolute Gasteiger partial charge is 0.312 e. The van der Waals surface area contributed by atoms with Crippen LogP contribution in [0, 0.1) is 6.92 Å². The van der Waals surface area contributed by atoms with Crippen LogP contribution in [-0.2, 0) is 11.2 Å². The number of hydrogen-bond acceptors (Lipinski definition) is 3. The van der Waals surface area contributed by atoms with Gasteiger partial charge in [0.25, 0.3) is 0 Å². The van der Waals surface area contributed by atoms with Crippen LogP contribution < -0.4 is 21.7 Å². The molecule has 2 aromatic carbocycles. The molecule has 0 aromatic heterocycles. The summed E-state index contributed by atoms with van der Waals surface area (Å²) in [4.78, 5) is 23.9. The Balaban J connectivity index is 0.00000261. The number of nitrogens with one attached hydrogen (secondary N) is 3. The predicted molar refractivity (Wildman–Crippen MR) is 110 cm³/mol. The summed E-state index contributed by atoms with van der Waals surface area (Å²) in [5.41, 5.74) is 10.3. The maximum absolute atomic E-state index is 12.5. The first-order valence-electron chi connectivity index (χ1n) is 8.81. The van der Waals surface area contributed by atoms with Gasteiger partial charge in [-0.1, -0.05) is 24.3 Å². The monoisotopic (exact) mass is 388 g/mol. The topological polar surface area (TPSA) is 96.2 Å². The Morgan fingerprint density at radius 1 is 1.22 bits per heavy atom. The largest absolute Gasteiger partial charge is 0.385 e. The van der Waals surface area contributed by atoms with E-state index in [2.05, 4.69) is 16.0 Å². The Morgan fingerprint density at radius 2 is 2.00 bits per heavy atom. The summed E-state index contributed by atoms with van der Waals surface area (Å²) < 4.78 is 0. The van der Waals surface area contributed by atoms with E-state index in [4.69, 9.17) is 5.73 Å². The normalized spacial score (nSPS) is 13.4. The number of hydrogen-bond donors (Lipinski definition) is 4. The highest BCUT2D eigenvalue weighted by Crippen LogP contribution is 2.26. The Morgan fingerprint density at radius 3 is 2.74 bits per heavy atom. The number of urea groups is 1. The van der Waals surface area contributed by atoms with Gasteiger partial charge in [0.1, 0.15) is 0 Å². The molecule has 1 heterocycles. The number of aryl methyl sites for hydroxylation is 2. The zero-order chi connectivity index (χ0) is 18.5. The van der Waals surface area contributed by atoms with Crippen molar-refractivity contribution in [2.75, 3.05) is 17.2 Å². The Hall–Kier alpha value is -2.73. The first kappa shape index (κ1) is 20.6. The van der Waals surface area contributed by atoms with Gasteiger partial charge < -0.3 is 21.7 Å². The van der Waals surface area contributed by atoms with E-state index in [9.17, 15) is 9.59 Å². The lowest BCUT2D eigenvalue weighted by Gasteiger charge is -2.21. The maximum Gasteiger partial charge on any atom is 0.312 e. The van der Waals surface area contributed by atoms with Crippen molar-refractivity contribution in [1.82, 2.24) is 5.32 Å². The summed E-state index contributed by atoms with van der Waals surface area (Å²) in [5.74, 6) is -0.171. The van der Waals surface area contributed by atoms with Crippen LogP contribution in [0.25, 0.3) is 0 Å². The number of primary amides is 1. The minimum atomic E-state index is -0.647. The van der Waals surface area contributed by atoms with E-state index in [1.807, 2.05) is 49.4 Å². The second kappa shape index (κ2) is 9.28. The minimum absolute atomic E-state index is 0. The average molecular weight is 389 g/mol. The number of amides is 3. The molecule has 5 N–H and O–H groups in total. The number of halogens is 1. The molecule has 3 rings (SSSR count). The van der Waals surface area contributed by atoms with Crippen LogP contribution in [0.5, 0.6) is 0 Å². The van der Waals surface area contributed by atoms with Gasteiger partial charge >= 0.3 is 6.03 Å². The number of carbonyl (C=O) groups is 2. The number of anilines is 2. The van der Waals surface area contributed by atoms with Gasteiger partial charge in [0.15, 0.2) is 0 Å². The van der Waals surface area contributed by atoms with Crippen molar-refractivity contribution in [2.45, 2.75) is 32.2 Å². The van der Waals surface area contributed by atoms with Crippen molar-refractivity contribution in [3.63, 3.8) is 0 Å². The highest BCUT2D eigenvalue weighted by molar-refractivity contribution is 5.92. The van der Waals surface area contributed by atoms with Crippen LogP contribution in [-0.4, -0.2) is 18.5 Å². The van der Waals surface area contributed by atoms with Gasteiger partial charge in [-0.25, -0.2) is 4.79 Å². The number of carbonyl (C=O) groups excluding carboxylic acids is 2. The Bertz CT molecular complexity index is 825. The second-order valence-electron chi connectivity index (χ2n) is 6.57. The summed E-state index contributed by atoms with van der Waals surface area (Å²) in [6, 6.07) is 12.4. The molecule has 0 spiro atoms. The lowest BCUT2D eigenvalue weighted by atomic mass is 9.98. The van der Waals surface area contributed by atoms with Crippen LogP contribution >= 0.6 is 12.4 Å². The third-order valence-corrected chi connectivity index (χ3v) is 4.60. The van der Waals surface area contributed by atoms with Crippen molar-refractivity contribution < 1.29 is 9.59 Å². The van der Waals surface area contributed by atoms with Crippen molar-refractivity contribution >= 4 is 35.7 Å². The zero-order valence-corrected chi connectivity index (χ0v) is 16.1. The van der Waals surface area contributed by atoms with Gasteiger partial charge in [0.2, 0.25) is 5.91 Å².